The summed E-state index contributed by atoms with van der Waals surface area (Å²) in [5, 5.41) is 5.40. The number of amides is 1. The van der Waals surface area contributed by atoms with E-state index in [1.165, 1.54) is 12.1 Å². The third-order valence-electron chi connectivity index (χ3n) is 9.03. The van der Waals surface area contributed by atoms with E-state index in [1.807, 2.05) is 51.1 Å². The van der Waals surface area contributed by atoms with Crippen LogP contribution >= 0.6 is 0 Å². The van der Waals surface area contributed by atoms with Crippen molar-refractivity contribution in [3.05, 3.63) is 71.9 Å². The number of rotatable bonds is 12. The van der Waals surface area contributed by atoms with E-state index in [2.05, 4.69) is 39.0 Å². The third-order valence-corrected chi connectivity index (χ3v) is 13.6. The summed E-state index contributed by atoms with van der Waals surface area (Å²) in [6.07, 6.45) is 3.35. The highest BCUT2D eigenvalue weighted by Crippen LogP contribution is 2.37. The maximum absolute atomic E-state index is 14.6. The van der Waals surface area contributed by atoms with Gasteiger partial charge in [-0.15, -0.1) is 0 Å². The number of ether oxygens (including phenoxy) is 3. The fourth-order valence-electron chi connectivity index (χ4n) is 5.34. The molecule has 0 radical (unpaired) electrons. The van der Waals surface area contributed by atoms with Crippen LogP contribution in [0.1, 0.15) is 65.8 Å². The Hall–Kier alpha value is -4.03. The molecule has 1 atom stereocenters. The van der Waals surface area contributed by atoms with Gasteiger partial charge in [0.05, 0.1) is 12.8 Å². The van der Waals surface area contributed by atoms with Gasteiger partial charge in [0.2, 0.25) is 5.88 Å². The zero-order valence-corrected chi connectivity index (χ0v) is 31.1. The van der Waals surface area contributed by atoms with Gasteiger partial charge in [-0.25, -0.2) is 18.9 Å². The molecule has 49 heavy (non-hydrogen) atoms. The second kappa shape index (κ2) is 14.8. The van der Waals surface area contributed by atoms with Gasteiger partial charge in [0.1, 0.15) is 40.7 Å². The highest BCUT2D eigenvalue weighted by molar-refractivity contribution is 6.74. The Balaban J connectivity index is 1.39. The van der Waals surface area contributed by atoms with Crippen LogP contribution in [0.15, 0.2) is 54.7 Å². The van der Waals surface area contributed by atoms with Crippen LogP contribution in [0.25, 0.3) is 16.7 Å². The lowest BCUT2D eigenvalue weighted by Crippen LogP contribution is -2.41. The molecule has 2 aromatic carbocycles. The molecule has 3 heterocycles. The summed E-state index contributed by atoms with van der Waals surface area (Å²) in [4.78, 5) is 24.3. The van der Waals surface area contributed by atoms with Gasteiger partial charge in [-0.1, -0.05) is 51.1 Å². The Morgan fingerprint density at radius 3 is 2.47 bits per heavy atom. The van der Waals surface area contributed by atoms with Crippen molar-refractivity contribution in [1.29, 1.82) is 0 Å². The number of hydrogen-bond acceptors (Lipinski definition) is 8. The van der Waals surface area contributed by atoms with E-state index in [1.54, 1.807) is 21.8 Å². The maximum Gasteiger partial charge on any atom is 0.410 e. The molecular weight excluding hydrogens is 642 g/mol. The molecule has 0 N–H and O–H groups in total. The number of aromatic nitrogens is 4. The molecule has 5 rings (SSSR count). The molecule has 0 unspecified atom stereocenters. The van der Waals surface area contributed by atoms with E-state index in [0.29, 0.717) is 79.9 Å². The van der Waals surface area contributed by atoms with Gasteiger partial charge in [-0.3, -0.25) is 0 Å². The van der Waals surface area contributed by atoms with Crippen molar-refractivity contribution >= 4 is 25.4 Å². The van der Waals surface area contributed by atoms with Crippen LogP contribution in [0.2, 0.25) is 18.1 Å². The Labute approximate surface area is 290 Å². The molecule has 0 spiro atoms. The summed E-state index contributed by atoms with van der Waals surface area (Å²) in [7, 11) is -1.88. The van der Waals surface area contributed by atoms with Gasteiger partial charge in [0.25, 0.3) is 0 Å². The quantitative estimate of drug-likeness (QED) is 0.109. The summed E-state index contributed by atoms with van der Waals surface area (Å²) >= 11 is 0. The van der Waals surface area contributed by atoms with Gasteiger partial charge >= 0.3 is 6.09 Å². The lowest BCUT2D eigenvalue weighted by atomic mass is 10.0. The minimum atomic E-state index is -1.88. The Morgan fingerprint density at radius 1 is 1.00 bits per heavy atom. The smallest absolute Gasteiger partial charge is 0.410 e. The van der Waals surface area contributed by atoms with E-state index in [9.17, 15) is 9.18 Å². The van der Waals surface area contributed by atoms with Crippen LogP contribution < -0.4 is 9.47 Å². The zero-order valence-electron chi connectivity index (χ0n) is 30.1. The van der Waals surface area contributed by atoms with Crippen molar-refractivity contribution < 1.29 is 27.8 Å². The summed E-state index contributed by atoms with van der Waals surface area (Å²) in [6.45, 7) is 19.1. The standard InChI is InChI=1S/C37H50FN5O5Si/c1-36(2,3)48-35(44)42-18-17-27(24-42)21-32-40-33-29(34(41-32)46-25-26-13-10-9-11-14-26)23-39-43(33)30-16-15-28(38)22-31(30)45-19-12-20-47-49(7,8)37(4,5)6/h9-11,13-16,22-23,27H,12,17-21,24-25H2,1-8H3/t27-/m1/s1. The number of halogens is 1. The maximum atomic E-state index is 14.6. The van der Waals surface area contributed by atoms with E-state index in [-0.39, 0.29) is 17.0 Å². The van der Waals surface area contributed by atoms with Gasteiger partial charge < -0.3 is 23.5 Å². The summed E-state index contributed by atoms with van der Waals surface area (Å²) < 4.78 is 40.5. The number of likely N-dealkylation sites (tertiary alicyclic amines) is 1. The topological polar surface area (TPSA) is 101 Å². The number of benzene rings is 2. The van der Waals surface area contributed by atoms with E-state index < -0.39 is 19.7 Å². The lowest BCUT2D eigenvalue weighted by molar-refractivity contribution is 0.0288. The molecule has 0 saturated carbocycles. The van der Waals surface area contributed by atoms with Gasteiger partial charge in [-0.2, -0.15) is 10.1 Å². The van der Waals surface area contributed by atoms with Crippen LogP contribution in [-0.4, -0.2) is 71.0 Å². The van der Waals surface area contributed by atoms with E-state index >= 15 is 0 Å². The van der Waals surface area contributed by atoms with Crippen molar-refractivity contribution in [1.82, 2.24) is 24.6 Å². The van der Waals surface area contributed by atoms with Crippen LogP contribution in [0.4, 0.5) is 9.18 Å². The van der Waals surface area contributed by atoms with Crippen molar-refractivity contribution in [3.8, 4) is 17.3 Å². The monoisotopic (exact) mass is 691 g/mol. The second-order valence-electron chi connectivity index (χ2n) is 15.2. The lowest BCUT2D eigenvalue weighted by Gasteiger charge is -2.36. The third kappa shape index (κ3) is 9.36. The fraction of sp³-hybridized carbons (Fsp3) is 0.514. The van der Waals surface area contributed by atoms with Crippen LogP contribution in [0, 0.1) is 11.7 Å². The van der Waals surface area contributed by atoms with Crippen LogP contribution in [-0.2, 0) is 22.2 Å². The average molecular weight is 692 g/mol. The molecule has 0 bridgehead atoms. The normalized spacial score (nSPS) is 15.5. The summed E-state index contributed by atoms with van der Waals surface area (Å²) in [5.41, 5.74) is 1.51. The first-order valence-electron chi connectivity index (χ1n) is 17.1. The Bertz CT molecular complexity index is 1740. The first-order valence-corrected chi connectivity index (χ1v) is 20.0. The number of carbonyl (C=O) groups excluding carboxylic acids is 1. The molecule has 1 saturated heterocycles. The molecule has 12 heteroatoms. The number of carbonyl (C=O) groups is 1. The molecule has 4 aromatic rings. The average Bonchev–Trinajstić information content (AvgIpc) is 3.67. The van der Waals surface area contributed by atoms with Gasteiger partial charge in [-0.05, 0) is 68.9 Å². The van der Waals surface area contributed by atoms with Crippen LogP contribution in [0.3, 0.4) is 0 Å². The zero-order chi connectivity index (χ0) is 35.4. The predicted molar refractivity (Wildman–Crippen MR) is 190 cm³/mol. The summed E-state index contributed by atoms with van der Waals surface area (Å²) in [6, 6.07) is 14.3. The highest BCUT2D eigenvalue weighted by Gasteiger charge is 2.37. The first-order chi connectivity index (χ1) is 23.1. The number of hydrogen-bond donors (Lipinski definition) is 0. The Morgan fingerprint density at radius 2 is 1.76 bits per heavy atom. The first kappa shape index (κ1) is 36.3. The second-order valence-corrected chi connectivity index (χ2v) is 20.0. The molecule has 1 fully saturated rings. The number of nitrogens with zero attached hydrogens (tertiary/aromatic N) is 5. The molecule has 2 aromatic heterocycles. The predicted octanol–water partition coefficient (Wildman–Crippen LogP) is 8.12. The molecule has 1 amide bonds. The minimum absolute atomic E-state index is 0.115. The van der Waals surface area contributed by atoms with Crippen molar-refractivity contribution in [2.24, 2.45) is 5.92 Å². The molecule has 1 aliphatic heterocycles. The highest BCUT2D eigenvalue weighted by atomic mass is 28.4. The van der Waals surface area contributed by atoms with Gasteiger partial charge in [0.15, 0.2) is 14.0 Å². The molecule has 1 aliphatic rings. The molecular formula is C37H50FN5O5Si. The van der Waals surface area contributed by atoms with Crippen LogP contribution in [0.5, 0.6) is 11.6 Å². The van der Waals surface area contributed by atoms with E-state index in [0.717, 1.165) is 12.0 Å². The van der Waals surface area contributed by atoms with Crippen molar-refractivity contribution in [2.75, 3.05) is 26.3 Å². The largest absolute Gasteiger partial charge is 0.491 e. The van der Waals surface area contributed by atoms with E-state index in [4.69, 9.17) is 28.6 Å². The summed E-state index contributed by atoms with van der Waals surface area (Å²) in [5.74, 6) is 1.06. The minimum Gasteiger partial charge on any atom is -0.491 e. The number of fused-ring (bicyclic) bond motifs is 1. The van der Waals surface area contributed by atoms with Gasteiger partial charge in [0, 0.05) is 38.6 Å². The Kier molecular flexibility index (Phi) is 11.0. The SMILES string of the molecule is CC(C)(C)OC(=O)N1CC[C@H](Cc2nc(OCc3ccccc3)c3cnn(-c4ccc(F)cc4OCCCO[Si](C)(C)C(C)(C)C)c3n2)C1. The fourth-order valence-corrected chi connectivity index (χ4v) is 6.43. The van der Waals surface area contributed by atoms with Crippen molar-refractivity contribution in [2.45, 2.75) is 91.1 Å². The molecule has 0 aliphatic carbocycles. The molecule has 10 nitrogen and oxygen atoms in total. The molecule has 264 valence electrons. The van der Waals surface area contributed by atoms with Crippen molar-refractivity contribution in [3.63, 3.8) is 0 Å².